The molecule has 0 fully saturated rings. The third kappa shape index (κ3) is 5.51. The number of benzene rings is 2. The molecule has 0 spiro atoms. The maximum atomic E-state index is 13.9. The number of nitro groups is 1. The summed E-state index contributed by atoms with van der Waals surface area (Å²) < 4.78 is 24.6. The Morgan fingerprint density at radius 1 is 1.33 bits per heavy atom. The molecule has 0 aliphatic heterocycles. The van der Waals surface area contributed by atoms with E-state index in [9.17, 15) is 29.4 Å². The van der Waals surface area contributed by atoms with Crippen LogP contribution in [0.5, 0.6) is 11.5 Å². The van der Waals surface area contributed by atoms with Crippen LogP contribution < -0.4 is 14.8 Å². The second-order valence-corrected chi connectivity index (χ2v) is 6.84. The average molecular weight is 525 g/mol. The van der Waals surface area contributed by atoms with Crippen molar-refractivity contribution in [2.75, 3.05) is 12.4 Å². The summed E-state index contributed by atoms with van der Waals surface area (Å²) in [6, 6.07) is 7.32. The van der Waals surface area contributed by atoms with Crippen molar-refractivity contribution in [2.24, 2.45) is 0 Å². The molecule has 2 aromatic carbocycles. The average Bonchev–Trinajstić information content (AvgIpc) is 2.68. The normalized spacial score (nSPS) is 10.7. The molecule has 0 radical (unpaired) electrons. The predicted octanol–water partition coefficient (Wildman–Crippen LogP) is 3.82. The molecule has 1 N–H and O–H groups in total. The van der Waals surface area contributed by atoms with Crippen LogP contribution in [0.3, 0.4) is 0 Å². The van der Waals surface area contributed by atoms with Gasteiger partial charge in [0.15, 0.2) is 11.5 Å². The molecule has 2 rings (SSSR count). The molecule has 30 heavy (non-hydrogen) atoms. The van der Waals surface area contributed by atoms with Crippen LogP contribution in [0.1, 0.15) is 12.5 Å². The Morgan fingerprint density at radius 3 is 2.60 bits per heavy atom. The van der Waals surface area contributed by atoms with Gasteiger partial charge in [-0.05, 0) is 52.4 Å². The minimum absolute atomic E-state index is 0.185. The molecule has 0 unspecified atom stereocenters. The van der Waals surface area contributed by atoms with Crippen molar-refractivity contribution in [2.45, 2.75) is 6.92 Å². The zero-order chi connectivity index (χ0) is 22.4. The maximum absolute atomic E-state index is 13.9. The van der Waals surface area contributed by atoms with Crippen molar-refractivity contribution in [1.29, 1.82) is 5.26 Å². The van der Waals surface area contributed by atoms with Gasteiger partial charge in [-0.25, -0.2) is 4.39 Å². The Labute approximate surface area is 183 Å². The number of halogens is 2. The van der Waals surface area contributed by atoms with Crippen molar-refractivity contribution in [3.8, 4) is 17.6 Å². The van der Waals surface area contributed by atoms with Crippen molar-refractivity contribution in [3.63, 3.8) is 0 Å². The number of methoxy groups -OCH3 is 1. The number of rotatable bonds is 6. The summed E-state index contributed by atoms with van der Waals surface area (Å²) in [6.45, 7) is 1.23. The Kier molecular flexibility index (Phi) is 7.43. The van der Waals surface area contributed by atoms with Crippen LogP contribution in [-0.4, -0.2) is 23.9 Å². The molecule has 11 heteroatoms. The molecule has 0 heterocycles. The SMILES string of the molecule is COc1cc(/C=C(/C#N)C(=O)Nc2cc([N+](=O)[O-])ccc2F)cc(I)c1OC(C)=O. The molecule has 0 atom stereocenters. The summed E-state index contributed by atoms with van der Waals surface area (Å²) in [4.78, 5) is 33.7. The predicted molar refractivity (Wildman–Crippen MR) is 112 cm³/mol. The number of esters is 1. The van der Waals surface area contributed by atoms with Crippen molar-refractivity contribution in [3.05, 3.63) is 61.0 Å². The summed E-state index contributed by atoms with van der Waals surface area (Å²) in [7, 11) is 1.36. The highest BCUT2D eigenvalue weighted by Gasteiger charge is 2.17. The smallest absolute Gasteiger partial charge is 0.308 e. The van der Waals surface area contributed by atoms with E-state index in [1.54, 1.807) is 12.1 Å². The highest BCUT2D eigenvalue weighted by Crippen LogP contribution is 2.34. The number of anilines is 1. The molecular weight excluding hydrogens is 512 g/mol. The summed E-state index contributed by atoms with van der Waals surface area (Å²) in [5.74, 6) is -2.02. The quantitative estimate of drug-likeness (QED) is 0.115. The third-order valence-corrected chi connectivity index (χ3v) is 4.38. The molecule has 9 nitrogen and oxygen atoms in total. The summed E-state index contributed by atoms with van der Waals surface area (Å²) in [6.07, 6.45) is 1.22. The number of non-ortho nitro benzene ring substituents is 1. The zero-order valence-corrected chi connectivity index (χ0v) is 17.7. The number of hydrogen-bond acceptors (Lipinski definition) is 7. The van der Waals surface area contributed by atoms with Crippen LogP contribution in [0.15, 0.2) is 35.9 Å². The second-order valence-electron chi connectivity index (χ2n) is 5.67. The molecular formula is C19H13FIN3O6. The zero-order valence-electron chi connectivity index (χ0n) is 15.6. The third-order valence-electron chi connectivity index (χ3n) is 3.58. The van der Waals surface area contributed by atoms with E-state index in [0.717, 1.165) is 18.2 Å². The molecule has 154 valence electrons. The van der Waals surface area contributed by atoms with Gasteiger partial charge in [0.2, 0.25) is 0 Å². The van der Waals surface area contributed by atoms with Gasteiger partial charge in [0.25, 0.3) is 11.6 Å². The number of nitrogens with one attached hydrogen (secondary N) is 1. The van der Waals surface area contributed by atoms with E-state index >= 15 is 0 Å². The van der Waals surface area contributed by atoms with Crippen LogP contribution >= 0.6 is 22.6 Å². The summed E-state index contributed by atoms with van der Waals surface area (Å²) in [5.41, 5.74) is -0.875. The standard InChI is InChI=1S/C19H13FIN3O6/c1-10(25)30-18-15(21)6-11(7-17(18)29-2)5-12(9-22)19(26)23-16-8-13(24(27)28)3-4-14(16)20/h3-8H,1-2H3,(H,23,26)/b12-5-. The van der Waals surface area contributed by atoms with Crippen LogP contribution in [0.2, 0.25) is 0 Å². The van der Waals surface area contributed by atoms with Gasteiger partial charge in [-0.15, -0.1) is 0 Å². The van der Waals surface area contributed by atoms with Gasteiger partial charge in [0.05, 0.1) is 21.3 Å². The molecule has 0 aliphatic carbocycles. The highest BCUT2D eigenvalue weighted by molar-refractivity contribution is 14.1. The van der Waals surface area contributed by atoms with E-state index in [1.807, 2.05) is 22.6 Å². The number of carbonyl (C=O) groups excluding carboxylic acids is 2. The van der Waals surface area contributed by atoms with Crippen LogP contribution in [-0.2, 0) is 9.59 Å². The van der Waals surface area contributed by atoms with Crippen LogP contribution in [0, 0.1) is 30.8 Å². The van der Waals surface area contributed by atoms with Gasteiger partial charge in [-0.2, -0.15) is 5.26 Å². The van der Waals surface area contributed by atoms with Gasteiger partial charge in [-0.1, -0.05) is 0 Å². The van der Waals surface area contributed by atoms with Crippen molar-refractivity contribution < 1.29 is 28.4 Å². The lowest BCUT2D eigenvalue weighted by atomic mass is 10.1. The number of nitrogens with zero attached hydrogens (tertiary/aromatic N) is 2. The van der Waals surface area contributed by atoms with Gasteiger partial charge in [0, 0.05) is 19.1 Å². The molecule has 1 amide bonds. The number of ether oxygens (including phenoxy) is 2. The number of hydrogen-bond donors (Lipinski definition) is 1. The van der Waals surface area contributed by atoms with E-state index in [0.29, 0.717) is 9.13 Å². The maximum Gasteiger partial charge on any atom is 0.308 e. The molecule has 0 saturated carbocycles. The van der Waals surface area contributed by atoms with Crippen molar-refractivity contribution >= 4 is 51.9 Å². The first-order valence-corrected chi connectivity index (χ1v) is 9.17. The van der Waals surface area contributed by atoms with Gasteiger partial charge in [0.1, 0.15) is 17.5 Å². The lowest BCUT2D eigenvalue weighted by Crippen LogP contribution is -2.14. The van der Waals surface area contributed by atoms with Crippen molar-refractivity contribution in [1.82, 2.24) is 0 Å². The Balaban J connectivity index is 2.38. The summed E-state index contributed by atoms with van der Waals surface area (Å²) in [5, 5.41) is 22.3. The Hall–Kier alpha value is -3.53. The molecule has 0 aliphatic rings. The second kappa shape index (κ2) is 9.79. The Bertz CT molecular complexity index is 1110. The fraction of sp³-hybridized carbons (Fsp3) is 0.105. The Morgan fingerprint density at radius 2 is 2.03 bits per heavy atom. The number of nitro benzene ring substituents is 1. The molecule has 0 aromatic heterocycles. The fourth-order valence-corrected chi connectivity index (χ4v) is 3.03. The van der Waals surface area contributed by atoms with E-state index < -0.39 is 34.0 Å². The molecule has 0 bridgehead atoms. The van der Waals surface area contributed by atoms with E-state index in [-0.39, 0.29) is 17.1 Å². The minimum atomic E-state index is -0.963. The first kappa shape index (κ1) is 22.8. The molecule has 0 saturated heterocycles. The fourth-order valence-electron chi connectivity index (χ4n) is 2.29. The topological polar surface area (TPSA) is 132 Å². The van der Waals surface area contributed by atoms with Gasteiger partial charge >= 0.3 is 5.97 Å². The monoisotopic (exact) mass is 525 g/mol. The number of carbonyl (C=O) groups is 2. The lowest BCUT2D eigenvalue weighted by Gasteiger charge is -2.11. The molecule has 2 aromatic rings. The first-order chi connectivity index (χ1) is 14.2. The van der Waals surface area contributed by atoms with E-state index in [1.165, 1.54) is 26.2 Å². The van der Waals surface area contributed by atoms with Crippen LogP contribution in [0.4, 0.5) is 15.8 Å². The van der Waals surface area contributed by atoms with E-state index in [2.05, 4.69) is 5.32 Å². The largest absolute Gasteiger partial charge is 0.493 e. The lowest BCUT2D eigenvalue weighted by molar-refractivity contribution is -0.384. The highest BCUT2D eigenvalue weighted by atomic mass is 127. The van der Waals surface area contributed by atoms with Crippen LogP contribution in [0.25, 0.3) is 6.08 Å². The number of amides is 1. The van der Waals surface area contributed by atoms with Gasteiger partial charge < -0.3 is 14.8 Å². The summed E-state index contributed by atoms with van der Waals surface area (Å²) >= 11 is 1.89. The van der Waals surface area contributed by atoms with Gasteiger partial charge in [-0.3, -0.25) is 19.7 Å². The minimum Gasteiger partial charge on any atom is -0.493 e. The number of nitriles is 1. The first-order valence-electron chi connectivity index (χ1n) is 8.09. The van der Waals surface area contributed by atoms with E-state index in [4.69, 9.17) is 9.47 Å².